The first kappa shape index (κ1) is 11.0. The van der Waals surface area contributed by atoms with Crippen LogP contribution in [-0.2, 0) is 0 Å². The van der Waals surface area contributed by atoms with Gasteiger partial charge in [-0.25, -0.2) is 0 Å². The molecule has 0 nitrogen and oxygen atoms in total. The Hall–Kier alpha value is 0. The van der Waals surface area contributed by atoms with Crippen molar-refractivity contribution in [1.82, 2.24) is 0 Å². The fraction of sp³-hybridized carbons (Fsp3) is 0.909. The van der Waals surface area contributed by atoms with Gasteiger partial charge < -0.3 is 0 Å². The fourth-order valence-corrected chi connectivity index (χ4v) is 1.15. The van der Waals surface area contributed by atoms with E-state index in [9.17, 15) is 0 Å². The maximum absolute atomic E-state index is 2.47. The highest BCUT2D eigenvalue weighted by molar-refractivity contribution is 4.73. The first-order valence-corrected chi connectivity index (χ1v) is 5.00. The third kappa shape index (κ3) is 7.90. The SMILES string of the molecule is CCCCC(C)[CH]CC(C)C. The van der Waals surface area contributed by atoms with E-state index >= 15 is 0 Å². The molecule has 0 spiro atoms. The summed E-state index contributed by atoms with van der Waals surface area (Å²) in [7, 11) is 0. The average molecular weight is 155 g/mol. The molecule has 0 heteroatoms. The van der Waals surface area contributed by atoms with E-state index in [2.05, 4.69) is 34.1 Å². The van der Waals surface area contributed by atoms with Crippen molar-refractivity contribution in [2.24, 2.45) is 11.8 Å². The summed E-state index contributed by atoms with van der Waals surface area (Å²) in [5.41, 5.74) is 0. The highest BCUT2D eigenvalue weighted by atomic mass is 14.1. The zero-order valence-electron chi connectivity index (χ0n) is 8.56. The van der Waals surface area contributed by atoms with Crippen LogP contribution in [-0.4, -0.2) is 0 Å². The van der Waals surface area contributed by atoms with Crippen molar-refractivity contribution in [1.29, 1.82) is 0 Å². The third-order valence-corrected chi connectivity index (χ3v) is 2.02. The first-order valence-electron chi connectivity index (χ1n) is 5.00. The van der Waals surface area contributed by atoms with E-state index < -0.39 is 0 Å². The highest BCUT2D eigenvalue weighted by Gasteiger charge is 2.02. The van der Waals surface area contributed by atoms with Crippen LogP contribution >= 0.6 is 0 Å². The van der Waals surface area contributed by atoms with Crippen molar-refractivity contribution >= 4 is 0 Å². The van der Waals surface area contributed by atoms with Crippen LogP contribution in [0.2, 0.25) is 0 Å². The monoisotopic (exact) mass is 155 g/mol. The van der Waals surface area contributed by atoms with Crippen LogP contribution in [0.5, 0.6) is 0 Å². The quantitative estimate of drug-likeness (QED) is 0.542. The number of rotatable bonds is 6. The molecule has 0 saturated carbocycles. The molecule has 1 unspecified atom stereocenters. The normalized spacial score (nSPS) is 13.9. The van der Waals surface area contributed by atoms with Crippen LogP contribution in [0.1, 0.15) is 53.4 Å². The maximum atomic E-state index is 2.47. The zero-order chi connectivity index (χ0) is 8.69. The smallest absolute Gasteiger partial charge is 0.0355 e. The standard InChI is InChI=1S/C11H23/c1-5-6-7-11(4)9-8-10(2)3/h9-11H,5-8H2,1-4H3. The topological polar surface area (TPSA) is 0 Å². The minimum absolute atomic E-state index is 0.831. The Labute approximate surface area is 72.4 Å². The molecule has 0 aromatic carbocycles. The molecule has 11 heavy (non-hydrogen) atoms. The van der Waals surface area contributed by atoms with E-state index in [1.807, 2.05) is 0 Å². The van der Waals surface area contributed by atoms with Gasteiger partial charge in [0.15, 0.2) is 0 Å². The van der Waals surface area contributed by atoms with Crippen molar-refractivity contribution < 1.29 is 0 Å². The second-order valence-corrected chi connectivity index (χ2v) is 3.98. The summed E-state index contributed by atoms with van der Waals surface area (Å²) in [6.45, 7) is 9.15. The molecule has 1 radical (unpaired) electrons. The molecule has 0 aliphatic rings. The van der Waals surface area contributed by atoms with Crippen LogP contribution in [0.3, 0.4) is 0 Å². The van der Waals surface area contributed by atoms with Crippen LogP contribution < -0.4 is 0 Å². The van der Waals surface area contributed by atoms with Crippen molar-refractivity contribution in [3.8, 4) is 0 Å². The van der Waals surface area contributed by atoms with Crippen LogP contribution in [0.15, 0.2) is 0 Å². The maximum Gasteiger partial charge on any atom is -0.0355 e. The third-order valence-electron chi connectivity index (χ3n) is 2.02. The molecular formula is C11H23. The van der Waals surface area contributed by atoms with Gasteiger partial charge in [0.1, 0.15) is 0 Å². The summed E-state index contributed by atoms with van der Waals surface area (Å²) in [6.07, 6.45) is 7.85. The number of unbranched alkanes of at least 4 members (excludes halogenated alkanes) is 1. The Morgan fingerprint density at radius 3 is 2.27 bits per heavy atom. The lowest BCUT2D eigenvalue weighted by atomic mass is 9.95. The molecule has 0 rings (SSSR count). The summed E-state index contributed by atoms with van der Waals surface area (Å²) >= 11 is 0. The van der Waals surface area contributed by atoms with Gasteiger partial charge in [0, 0.05) is 0 Å². The Bertz CT molecular complexity index is 74.1. The Balaban J connectivity index is 3.15. The van der Waals surface area contributed by atoms with Gasteiger partial charge in [0.05, 0.1) is 0 Å². The molecule has 0 aromatic rings. The molecule has 0 aliphatic carbocycles. The van der Waals surface area contributed by atoms with Crippen LogP contribution in [0, 0.1) is 18.3 Å². The average Bonchev–Trinajstić information content (AvgIpc) is 1.97. The lowest BCUT2D eigenvalue weighted by Gasteiger charge is -2.11. The van der Waals surface area contributed by atoms with Crippen LogP contribution in [0.25, 0.3) is 0 Å². The van der Waals surface area contributed by atoms with Gasteiger partial charge in [0.25, 0.3) is 0 Å². The largest absolute Gasteiger partial charge is 0.0654 e. The minimum Gasteiger partial charge on any atom is -0.0654 e. The molecule has 0 amide bonds. The molecule has 0 fully saturated rings. The van der Waals surface area contributed by atoms with E-state index in [0.29, 0.717) is 0 Å². The lowest BCUT2D eigenvalue weighted by Crippen LogP contribution is -1.98. The first-order chi connectivity index (χ1) is 5.16. The van der Waals surface area contributed by atoms with Crippen molar-refractivity contribution in [3.63, 3.8) is 0 Å². The van der Waals surface area contributed by atoms with E-state index in [0.717, 1.165) is 11.8 Å². The number of hydrogen-bond donors (Lipinski definition) is 0. The molecule has 67 valence electrons. The molecular weight excluding hydrogens is 132 g/mol. The predicted molar refractivity (Wildman–Crippen MR) is 52.4 cm³/mol. The van der Waals surface area contributed by atoms with Gasteiger partial charge in [0.2, 0.25) is 0 Å². The van der Waals surface area contributed by atoms with Crippen LogP contribution in [0.4, 0.5) is 0 Å². The van der Waals surface area contributed by atoms with Crippen molar-refractivity contribution in [3.05, 3.63) is 6.42 Å². The van der Waals surface area contributed by atoms with Crippen molar-refractivity contribution in [2.45, 2.75) is 53.4 Å². The predicted octanol–water partition coefficient (Wildman–Crippen LogP) is 4.06. The molecule has 0 bridgehead atoms. The summed E-state index contributed by atoms with van der Waals surface area (Å²) in [4.78, 5) is 0. The van der Waals surface area contributed by atoms with Gasteiger partial charge in [-0.15, -0.1) is 0 Å². The lowest BCUT2D eigenvalue weighted by molar-refractivity contribution is 0.511. The zero-order valence-corrected chi connectivity index (χ0v) is 8.56. The van der Waals surface area contributed by atoms with Gasteiger partial charge in [-0.1, -0.05) is 47.0 Å². The molecule has 0 N–H and O–H groups in total. The van der Waals surface area contributed by atoms with Gasteiger partial charge in [-0.3, -0.25) is 0 Å². The second-order valence-electron chi connectivity index (χ2n) is 3.98. The Morgan fingerprint density at radius 2 is 1.82 bits per heavy atom. The molecule has 0 saturated heterocycles. The number of hydrogen-bond acceptors (Lipinski definition) is 0. The highest BCUT2D eigenvalue weighted by Crippen LogP contribution is 2.15. The molecule has 1 atom stereocenters. The van der Waals surface area contributed by atoms with Gasteiger partial charge in [-0.2, -0.15) is 0 Å². The summed E-state index contributed by atoms with van der Waals surface area (Å²) in [6, 6.07) is 0. The van der Waals surface area contributed by atoms with E-state index in [4.69, 9.17) is 0 Å². The summed E-state index contributed by atoms with van der Waals surface area (Å²) in [5, 5.41) is 0. The van der Waals surface area contributed by atoms with E-state index in [1.54, 1.807) is 0 Å². The Morgan fingerprint density at radius 1 is 1.18 bits per heavy atom. The summed E-state index contributed by atoms with van der Waals surface area (Å²) < 4.78 is 0. The summed E-state index contributed by atoms with van der Waals surface area (Å²) in [5.74, 6) is 1.66. The van der Waals surface area contributed by atoms with E-state index in [-0.39, 0.29) is 0 Å². The molecule has 0 aromatic heterocycles. The van der Waals surface area contributed by atoms with Crippen molar-refractivity contribution in [2.75, 3.05) is 0 Å². The second kappa shape index (κ2) is 6.69. The molecule has 0 aliphatic heterocycles. The fourth-order valence-electron chi connectivity index (χ4n) is 1.15. The minimum atomic E-state index is 0.831. The molecule has 0 heterocycles. The van der Waals surface area contributed by atoms with E-state index in [1.165, 1.54) is 25.7 Å². The van der Waals surface area contributed by atoms with Gasteiger partial charge in [-0.05, 0) is 24.7 Å². The van der Waals surface area contributed by atoms with Gasteiger partial charge >= 0.3 is 0 Å². The Kier molecular flexibility index (Phi) is 6.69.